The fourth-order valence-electron chi connectivity index (χ4n) is 2.27. The smallest absolute Gasteiger partial charge is 0.248 e. The number of nitrogens with one attached hydrogen (secondary N) is 1. The van der Waals surface area contributed by atoms with Gasteiger partial charge in [0.15, 0.2) is 0 Å². The fraction of sp³-hybridized carbons (Fsp3) is 0.118. The molecule has 1 heterocycles. The second kappa shape index (κ2) is 8.32. The standard InChI is InChI=1S/C17H16N6O3S/c1-26-14-5-3-2-4-13(14)23-17(20-21-22-23)27-10-15(24)19-12-8-6-11(7-9-12)16(18)25/h2-9H,10H2,1H3,(H2,18,25)(H,19,24). The van der Waals surface area contributed by atoms with Crippen molar-refractivity contribution in [3.05, 3.63) is 54.1 Å². The van der Waals surface area contributed by atoms with Gasteiger partial charge in [-0.15, -0.1) is 5.10 Å². The van der Waals surface area contributed by atoms with Crippen LogP contribution in [0.25, 0.3) is 5.69 Å². The highest BCUT2D eigenvalue weighted by atomic mass is 32.2. The predicted octanol–water partition coefficient (Wildman–Crippen LogP) is 1.50. The summed E-state index contributed by atoms with van der Waals surface area (Å²) in [6.45, 7) is 0. The van der Waals surface area contributed by atoms with Gasteiger partial charge >= 0.3 is 0 Å². The monoisotopic (exact) mass is 384 g/mol. The van der Waals surface area contributed by atoms with Gasteiger partial charge in [0, 0.05) is 11.3 Å². The maximum Gasteiger partial charge on any atom is 0.248 e. The van der Waals surface area contributed by atoms with E-state index in [1.807, 2.05) is 18.2 Å². The summed E-state index contributed by atoms with van der Waals surface area (Å²) in [5.41, 5.74) is 6.80. The Kier molecular flexibility index (Phi) is 5.67. The van der Waals surface area contributed by atoms with Crippen molar-refractivity contribution in [2.45, 2.75) is 5.16 Å². The van der Waals surface area contributed by atoms with E-state index in [-0.39, 0.29) is 11.7 Å². The number of thioether (sulfide) groups is 1. The van der Waals surface area contributed by atoms with Gasteiger partial charge in [-0.1, -0.05) is 23.9 Å². The van der Waals surface area contributed by atoms with Gasteiger partial charge in [0.05, 0.1) is 12.9 Å². The number of rotatable bonds is 7. The molecule has 0 saturated heterocycles. The minimum absolute atomic E-state index is 0.104. The number of anilines is 1. The lowest BCUT2D eigenvalue weighted by Crippen LogP contribution is -2.15. The molecule has 0 radical (unpaired) electrons. The van der Waals surface area contributed by atoms with Gasteiger partial charge in [0.25, 0.3) is 0 Å². The molecule has 2 amide bonds. The highest BCUT2D eigenvalue weighted by Gasteiger charge is 2.14. The third kappa shape index (κ3) is 4.42. The Morgan fingerprint density at radius 1 is 1.19 bits per heavy atom. The molecule has 9 nitrogen and oxygen atoms in total. The number of nitrogens with zero attached hydrogens (tertiary/aromatic N) is 4. The van der Waals surface area contributed by atoms with E-state index in [1.165, 1.54) is 16.4 Å². The Balaban J connectivity index is 1.65. The van der Waals surface area contributed by atoms with E-state index in [4.69, 9.17) is 10.5 Å². The lowest BCUT2D eigenvalue weighted by Gasteiger charge is -2.09. The lowest BCUT2D eigenvalue weighted by atomic mass is 10.2. The van der Waals surface area contributed by atoms with E-state index in [0.29, 0.717) is 27.8 Å². The summed E-state index contributed by atoms with van der Waals surface area (Å²) in [6, 6.07) is 13.6. The van der Waals surface area contributed by atoms with Gasteiger partial charge in [0.1, 0.15) is 11.4 Å². The summed E-state index contributed by atoms with van der Waals surface area (Å²) in [7, 11) is 1.56. The van der Waals surface area contributed by atoms with E-state index in [0.717, 1.165) is 0 Å². The van der Waals surface area contributed by atoms with Gasteiger partial charge in [-0.25, -0.2) is 0 Å². The SMILES string of the molecule is COc1ccccc1-n1nnnc1SCC(=O)Nc1ccc(C(N)=O)cc1. The van der Waals surface area contributed by atoms with E-state index < -0.39 is 5.91 Å². The first-order valence-electron chi connectivity index (χ1n) is 7.83. The third-order valence-electron chi connectivity index (χ3n) is 3.54. The van der Waals surface area contributed by atoms with Gasteiger partial charge in [-0.2, -0.15) is 4.68 Å². The number of hydrogen-bond donors (Lipinski definition) is 2. The molecule has 3 N–H and O–H groups in total. The van der Waals surface area contributed by atoms with Crippen LogP contribution >= 0.6 is 11.8 Å². The van der Waals surface area contributed by atoms with E-state index in [1.54, 1.807) is 37.4 Å². The molecule has 0 aliphatic heterocycles. The molecule has 10 heteroatoms. The summed E-state index contributed by atoms with van der Waals surface area (Å²) < 4.78 is 6.83. The molecule has 0 fully saturated rings. The minimum atomic E-state index is -0.522. The average Bonchev–Trinajstić information content (AvgIpc) is 3.15. The van der Waals surface area contributed by atoms with Crippen molar-refractivity contribution in [3.8, 4) is 11.4 Å². The highest BCUT2D eigenvalue weighted by molar-refractivity contribution is 7.99. The van der Waals surface area contributed by atoms with E-state index in [2.05, 4.69) is 20.8 Å². The lowest BCUT2D eigenvalue weighted by molar-refractivity contribution is -0.113. The van der Waals surface area contributed by atoms with Gasteiger partial charge in [-0.05, 0) is 46.8 Å². The Labute approximate surface area is 158 Å². The zero-order valence-electron chi connectivity index (χ0n) is 14.3. The molecule has 0 bridgehead atoms. The van der Waals surface area contributed by atoms with Crippen molar-refractivity contribution >= 4 is 29.3 Å². The number of methoxy groups -OCH3 is 1. The van der Waals surface area contributed by atoms with Crippen LogP contribution in [0.5, 0.6) is 5.75 Å². The molecule has 0 aliphatic rings. The summed E-state index contributed by atoms with van der Waals surface area (Å²) >= 11 is 1.19. The maximum atomic E-state index is 12.2. The molecule has 0 spiro atoms. The zero-order chi connectivity index (χ0) is 19.2. The van der Waals surface area contributed by atoms with Crippen LogP contribution in [-0.4, -0.2) is 44.9 Å². The molecule has 1 aromatic heterocycles. The van der Waals surface area contributed by atoms with Crippen molar-refractivity contribution in [1.82, 2.24) is 20.2 Å². The topological polar surface area (TPSA) is 125 Å². The number of nitrogens with two attached hydrogens (primary N) is 1. The molecule has 3 rings (SSSR count). The van der Waals surface area contributed by atoms with E-state index >= 15 is 0 Å². The van der Waals surface area contributed by atoms with Crippen molar-refractivity contribution in [1.29, 1.82) is 0 Å². The van der Waals surface area contributed by atoms with Crippen LogP contribution in [0.4, 0.5) is 5.69 Å². The number of hydrogen-bond acceptors (Lipinski definition) is 7. The summed E-state index contributed by atoms with van der Waals surface area (Å²) in [5, 5.41) is 14.8. The average molecular weight is 384 g/mol. The summed E-state index contributed by atoms with van der Waals surface area (Å²) in [6.07, 6.45) is 0. The van der Waals surface area contributed by atoms with Gasteiger partial charge < -0.3 is 15.8 Å². The molecule has 138 valence electrons. The number of aromatic nitrogens is 4. The molecule has 3 aromatic rings. The van der Waals surface area contributed by atoms with E-state index in [9.17, 15) is 9.59 Å². The zero-order valence-corrected chi connectivity index (χ0v) is 15.1. The number of benzene rings is 2. The molecular formula is C17H16N6O3S. The molecular weight excluding hydrogens is 368 g/mol. The van der Waals surface area contributed by atoms with Crippen LogP contribution in [0.3, 0.4) is 0 Å². The Morgan fingerprint density at radius 3 is 2.63 bits per heavy atom. The van der Waals surface area contributed by atoms with Gasteiger partial charge in [-0.3, -0.25) is 9.59 Å². The number of tetrazole rings is 1. The number of ether oxygens (including phenoxy) is 1. The van der Waals surface area contributed by atoms with Crippen molar-refractivity contribution < 1.29 is 14.3 Å². The van der Waals surface area contributed by atoms with Crippen LogP contribution in [-0.2, 0) is 4.79 Å². The van der Waals surface area contributed by atoms with Crippen LogP contribution in [0, 0.1) is 0 Å². The normalized spacial score (nSPS) is 10.4. The molecule has 0 unspecified atom stereocenters. The fourth-order valence-corrected chi connectivity index (χ4v) is 2.95. The first kappa shape index (κ1) is 18.4. The second-order valence-electron chi connectivity index (χ2n) is 5.32. The van der Waals surface area contributed by atoms with Crippen molar-refractivity contribution in [2.75, 3.05) is 18.2 Å². The molecule has 2 aromatic carbocycles. The second-order valence-corrected chi connectivity index (χ2v) is 6.27. The summed E-state index contributed by atoms with van der Waals surface area (Å²) in [5.74, 6) is -0.0359. The molecule has 0 saturated carbocycles. The quantitative estimate of drug-likeness (QED) is 0.591. The third-order valence-corrected chi connectivity index (χ3v) is 4.46. The first-order chi connectivity index (χ1) is 13.1. The highest BCUT2D eigenvalue weighted by Crippen LogP contribution is 2.25. The molecule has 0 atom stereocenters. The number of amides is 2. The molecule has 0 aliphatic carbocycles. The Morgan fingerprint density at radius 2 is 1.93 bits per heavy atom. The Hall–Kier alpha value is -3.40. The van der Waals surface area contributed by atoms with Crippen LogP contribution in [0.15, 0.2) is 53.7 Å². The summed E-state index contributed by atoms with van der Waals surface area (Å²) in [4.78, 5) is 23.2. The Bertz CT molecular complexity index is 957. The number of carbonyl (C=O) groups is 2. The molecule has 27 heavy (non-hydrogen) atoms. The van der Waals surface area contributed by atoms with Crippen LogP contribution in [0.2, 0.25) is 0 Å². The maximum absolute atomic E-state index is 12.2. The van der Waals surface area contributed by atoms with Crippen LogP contribution < -0.4 is 15.8 Å². The van der Waals surface area contributed by atoms with Crippen molar-refractivity contribution in [2.24, 2.45) is 5.73 Å². The predicted molar refractivity (Wildman–Crippen MR) is 100 cm³/mol. The number of primary amides is 1. The number of para-hydroxylation sites is 2. The van der Waals surface area contributed by atoms with Crippen molar-refractivity contribution in [3.63, 3.8) is 0 Å². The minimum Gasteiger partial charge on any atom is -0.494 e. The first-order valence-corrected chi connectivity index (χ1v) is 8.81. The largest absolute Gasteiger partial charge is 0.494 e. The van der Waals surface area contributed by atoms with Gasteiger partial charge in [0.2, 0.25) is 17.0 Å². The van der Waals surface area contributed by atoms with Crippen LogP contribution in [0.1, 0.15) is 10.4 Å². The number of carbonyl (C=O) groups excluding carboxylic acids is 2.